The minimum atomic E-state index is -1.14. The van der Waals surface area contributed by atoms with Gasteiger partial charge in [-0.3, -0.25) is 19.2 Å². The number of rotatable bonds is 4. The fraction of sp³-hybridized carbons (Fsp3) is 0.174. The van der Waals surface area contributed by atoms with E-state index in [9.17, 15) is 4.21 Å². The fourth-order valence-corrected chi connectivity index (χ4v) is 4.30. The van der Waals surface area contributed by atoms with E-state index in [1.54, 1.807) is 37.1 Å². The summed E-state index contributed by atoms with van der Waals surface area (Å²) in [6.07, 6.45) is 13.1. The van der Waals surface area contributed by atoms with Gasteiger partial charge in [0.1, 0.15) is 13.2 Å². The van der Waals surface area contributed by atoms with Gasteiger partial charge in [-0.05, 0) is 29.8 Å². The van der Waals surface area contributed by atoms with E-state index in [4.69, 9.17) is 9.47 Å². The molecular formula is C23H20N4O3S. The van der Waals surface area contributed by atoms with Gasteiger partial charge in [0.05, 0.1) is 38.3 Å². The molecule has 1 N–H and O–H groups in total. The van der Waals surface area contributed by atoms with E-state index in [0.29, 0.717) is 30.3 Å². The van der Waals surface area contributed by atoms with Crippen molar-refractivity contribution in [3.63, 3.8) is 0 Å². The number of hydrogen-bond donors (Lipinski definition) is 1. The molecule has 0 fully saturated rings. The van der Waals surface area contributed by atoms with Crippen LogP contribution in [0.5, 0.6) is 11.5 Å². The number of hydrogen-bond acceptors (Lipinski definition) is 7. The third-order valence-electron chi connectivity index (χ3n) is 5.05. The second-order valence-electron chi connectivity index (χ2n) is 7.09. The topological polar surface area (TPSA) is 86.2 Å². The van der Waals surface area contributed by atoms with Crippen LogP contribution >= 0.6 is 0 Å². The largest absolute Gasteiger partial charge is 0.486 e. The van der Waals surface area contributed by atoms with Crippen molar-refractivity contribution in [3.8, 4) is 11.5 Å². The molecule has 7 nitrogen and oxygen atoms in total. The van der Waals surface area contributed by atoms with Crippen LogP contribution in [0, 0.1) is 0 Å². The number of fused-ring (bicyclic) bond motifs is 2. The second-order valence-corrected chi connectivity index (χ2v) is 8.44. The smallest absolute Gasteiger partial charge is 0.161 e. The molecule has 8 heteroatoms. The summed E-state index contributed by atoms with van der Waals surface area (Å²) >= 11 is 0. The minimum Gasteiger partial charge on any atom is -0.486 e. The van der Waals surface area contributed by atoms with Crippen molar-refractivity contribution in [3.05, 3.63) is 77.1 Å². The molecule has 2 aliphatic rings. The van der Waals surface area contributed by atoms with Crippen molar-refractivity contribution < 1.29 is 13.7 Å². The van der Waals surface area contributed by atoms with Gasteiger partial charge < -0.3 is 14.8 Å². The van der Waals surface area contributed by atoms with Crippen molar-refractivity contribution in [2.75, 3.05) is 24.8 Å². The minimum absolute atomic E-state index is 0.524. The summed E-state index contributed by atoms with van der Waals surface area (Å²) in [5.74, 6) is 1.46. The Bertz CT molecular complexity index is 1340. The van der Waals surface area contributed by atoms with Crippen LogP contribution in [0.25, 0.3) is 11.6 Å². The average Bonchev–Trinajstić information content (AvgIpc) is 2.99. The van der Waals surface area contributed by atoms with Gasteiger partial charge in [0.25, 0.3) is 0 Å². The average molecular weight is 433 g/mol. The van der Waals surface area contributed by atoms with E-state index in [2.05, 4.69) is 26.3 Å². The van der Waals surface area contributed by atoms with Crippen LogP contribution in [-0.2, 0) is 10.8 Å². The molecule has 1 aliphatic carbocycles. The Morgan fingerprint density at radius 3 is 2.74 bits per heavy atom. The standard InChI is InChI=1S/C23H20N4O3S/c1-31(28)22-6-7-24-14-19(22)27-16-3-4-18-23(26-9-8-25-18)17(13-16)15-2-5-20-21(12-15)30-11-10-29-20/h2,4-9,12-14,27H,3,10-11H2,1H3. The van der Waals surface area contributed by atoms with E-state index >= 15 is 0 Å². The van der Waals surface area contributed by atoms with E-state index in [0.717, 1.165) is 39.0 Å². The lowest BCUT2D eigenvalue weighted by molar-refractivity contribution is 0.171. The zero-order chi connectivity index (χ0) is 21.2. The van der Waals surface area contributed by atoms with Gasteiger partial charge in [-0.2, -0.15) is 0 Å². The number of aromatic nitrogens is 3. The highest BCUT2D eigenvalue weighted by atomic mass is 32.2. The molecule has 3 heterocycles. The van der Waals surface area contributed by atoms with Gasteiger partial charge >= 0.3 is 0 Å². The lowest BCUT2D eigenvalue weighted by Crippen LogP contribution is -2.32. The lowest BCUT2D eigenvalue weighted by Gasteiger charge is -2.19. The number of anilines is 1. The van der Waals surface area contributed by atoms with Gasteiger partial charge in [0, 0.05) is 42.5 Å². The first-order valence-electron chi connectivity index (χ1n) is 9.85. The molecule has 0 amide bonds. The molecule has 31 heavy (non-hydrogen) atoms. The zero-order valence-corrected chi connectivity index (χ0v) is 17.7. The van der Waals surface area contributed by atoms with Crippen LogP contribution in [0.3, 0.4) is 0 Å². The maximum Gasteiger partial charge on any atom is 0.161 e. The third kappa shape index (κ3) is 3.94. The summed E-state index contributed by atoms with van der Waals surface area (Å²) in [6.45, 7) is 1.07. The van der Waals surface area contributed by atoms with Crippen LogP contribution in [0.15, 0.2) is 65.7 Å². The van der Waals surface area contributed by atoms with Crippen LogP contribution in [0.2, 0.25) is 0 Å². The van der Waals surface area contributed by atoms with Gasteiger partial charge in [0.15, 0.2) is 11.5 Å². The van der Waals surface area contributed by atoms with Gasteiger partial charge in [0.2, 0.25) is 0 Å². The molecule has 1 aromatic carbocycles. The van der Waals surface area contributed by atoms with Crippen molar-refractivity contribution in [1.29, 1.82) is 0 Å². The van der Waals surface area contributed by atoms with Crippen LogP contribution < -0.4 is 25.5 Å². The first-order valence-corrected chi connectivity index (χ1v) is 11.4. The molecule has 1 unspecified atom stereocenters. The van der Waals surface area contributed by atoms with Crippen molar-refractivity contribution in [2.24, 2.45) is 0 Å². The Balaban J connectivity index is 1.63. The first kappa shape index (κ1) is 19.4. The number of allylic oxidation sites excluding steroid dienone is 2. The number of benzene rings is 1. The summed E-state index contributed by atoms with van der Waals surface area (Å²) in [7, 11) is -1.14. The molecule has 0 saturated carbocycles. The normalized spacial score (nSPS) is 15.8. The monoisotopic (exact) mass is 432 g/mol. The molecule has 1 atom stereocenters. The lowest BCUT2D eigenvalue weighted by atomic mass is 10.0. The van der Waals surface area contributed by atoms with Gasteiger partial charge in [-0.15, -0.1) is 0 Å². The molecule has 156 valence electrons. The predicted octanol–water partition coefficient (Wildman–Crippen LogP) is 1.76. The first-order chi connectivity index (χ1) is 15.2. The van der Waals surface area contributed by atoms with Crippen molar-refractivity contribution in [2.45, 2.75) is 11.3 Å². The van der Waals surface area contributed by atoms with E-state index < -0.39 is 10.8 Å². The molecule has 0 saturated heterocycles. The van der Waals surface area contributed by atoms with Crippen molar-refractivity contribution >= 4 is 28.1 Å². The summed E-state index contributed by atoms with van der Waals surface area (Å²) in [5.41, 5.74) is 3.51. The summed E-state index contributed by atoms with van der Waals surface area (Å²) in [4.78, 5) is 14.0. The highest BCUT2D eigenvalue weighted by molar-refractivity contribution is 7.84. The molecule has 0 spiro atoms. The van der Waals surface area contributed by atoms with Gasteiger partial charge in [-0.1, -0.05) is 12.1 Å². The van der Waals surface area contributed by atoms with E-state index in [1.165, 1.54) is 0 Å². The quantitative estimate of drug-likeness (QED) is 0.672. The Morgan fingerprint density at radius 2 is 1.87 bits per heavy atom. The zero-order valence-electron chi connectivity index (χ0n) is 16.9. The molecule has 2 aromatic heterocycles. The van der Waals surface area contributed by atoms with Crippen molar-refractivity contribution in [1.82, 2.24) is 15.0 Å². The van der Waals surface area contributed by atoms with Crippen LogP contribution in [-0.4, -0.2) is 38.6 Å². The molecule has 5 rings (SSSR count). The Kier molecular flexibility index (Phi) is 5.21. The predicted molar refractivity (Wildman–Crippen MR) is 119 cm³/mol. The van der Waals surface area contributed by atoms with E-state index in [-0.39, 0.29) is 0 Å². The fourth-order valence-electron chi connectivity index (χ4n) is 3.63. The van der Waals surface area contributed by atoms with E-state index in [1.807, 2.05) is 24.3 Å². The molecule has 0 radical (unpaired) electrons. The summed E-state index contributed by atoms with van der Waals surface area (Å²) in [5, 5.41) is 5.01. The second kappa shape index (κ2) is 8.31. The summed E-state index contributed by atoms with van der Waals surface area (Å²) < 4.78 is 23.6. The van der Waals surface area contributed by atoms with Gasteiger partial charge in [-0.25, -0.2) is 0 Å². The Labute approximate surface area is 181 Å². The number of ether oxygens (including phenoxy) is 2. The SMILES string of the molecule is CS(=O)c1ccncc1NC1=CC(c2ccc3c(c2)OCCO3)=c2nccnc2=CC1. The Hall–Kier alpha value is -3.52. The molecule has 0 bridgehead atoms. The van der Waals surface area contributed by atoms with Crippen LogP contribution in [0.1, 0.15) is 12.0 Å². The van der Waals surface area contributed by atoms with Crippen LogP contribution in [0.4, 0.5) is 5.69 Å². The number of pyridine rings is 1. The molecule has 1 aliphatic heterocycles. The maximum atomic E-state index is 12.1. The molecule has 3 aromatic rings. The maximum absolute atomic E-state index is 12.1. The number of nitrogens with one attached hydrogen (secondary N) is 1. The number of nitrogens with zero attached hydrogens (tertiary/aromatic N) is 3. The molecular weight excluding hydrogens is 412 g/mol. The third-order valence-corrected chi connectivity index (χ3v) is 6.03. The summed E-state index contributed by atoms with van der Waals surface area (Å²) in [6, 6.07) is 7.65. The highest BCUT2D eigenvalue weighted by Gasteiger charge is 2.16. The Morgan fingerprint density at radius 1 is 1.03 bits per heavy atom. The highest BCUT2D eigenvalue weighted by Crippen LogP contribution is 2.33.